The Kier molecular flexibility index (Phi) is 3.88. The van der Waals surface area contributed by atoms with Gasteiger partial charge in [0.25, 0.3) is 0 Å². The summed E-state index contributed by atoms with van der Waals surface area (Å²) in [6, 6.07) is 6.24. The van der Waals surface area contributed by atoms with Crippen LogP contribution in [0.3, 0.4) is 0 Å². The van der Waals surface area contributed by atoms with Crippen LogP contribution in [0.1, 0.15) is 31.9 Å². The Morgan fingerprint density at radius 3 is 2.50 bits per heavy atom. The molecule has 0 saturated carbocycles. The molecule has 1 heterocycles. The summed E-state index contributed by atoms with van der Waals surface area (Å²) in [5.41, 5.74) is 3.34. The Balaban J connectivity index is 2.19. The van der Waals surface area contributed by atoms with Gasteiger partial charge in [-0.15, -0.1) is 5.10 Å². The molecule has 20 heavy (non-hydrogen) atoms. The second-order valence-corrected chi connectivity index (χ2v) is 5.98. The highest BCUT2D eigenvalue weighted by Crippen LogP contribution is 2.20. The van der Waals surface area contributed by atoms with Crippen molar-refractivity contribution in [2.24, 2.45) is 0 Å². The van der Waals surface area contributed by atoms with E-state index in [1.807, 2.05) is 6.07 Å². The second kappa shape index (κ2) is 5.45. The van der Waals surface area contributed by atoms with Gasteiger partial charge < -0.3 is 10.6 Å². The number of hydrogen-bond acceptors (Lipinski definition) is 5. The normalized spacial score (nSPS) is 11.2. The van der Waals surface area contributed by atoms with Crippen LogP contribution in [-0.4, -0.2) is 20.7 Å². The lowest BCUT2D eigenvalue weighted by molar-refractivity contribution is 0.623. The van der Waals surface area contributed by atoms with Crippen molar-refractivity contribution in [1.29, 1.82) is 0 Å². The maximum Gasteiger partial charge on any atom is 0.245 e. The van der Waals surface area contributed by atoms with Gasteiger partial charge in [-0.3, -0.25) is 0 Å². The van der Waals surface area contributed by atoms with Gasteiger partial charge in [-0.1, -0.05) is 17.7 Å². The van der Waals surface area contributed by atoms with Crippen LogP contribution in [0.2, 0.25) is 0 Å². The number of rotatable bonds is 3. The van der Waals surface area contributed by atoms with Crippen molar-refractivity contribution < 1.29 is 0 Å². The van der Waals surface area contributed by atoms with E-state index in [9.17, 15) is 0 Å². The number of benzene rings is 1. The van der Waals surface area contributed by atoms with Crippen LogP contribution in [0.4, 0.5) is 17.5 Å². The van der Waals surface area contributed by atoms with Gasteiger partial charge in [-0.2, -0.15) is 10.1 Å². The molecule has 0 fully saturated rings. The fraction of sp³-hybridized carbons (Fsp3) is 0.400. The van der Waals surface area contributed by atoms with E-state index in [0.29, 0.717) is 11.8 Å². The fourth-order valence-electron chi connectivity index (χ4n) is 1.84. The Morgan fingerprint density at radius 2 is 1.85 bits per heavy atom. The van der Waals surface area contributed by atoms with Crippen molar-refractivity contribution in [3.63, 3.8) is 0 Å². The topological polar surface area (TPSA) is 62.7 Å². The molecule has 2 aromatic rings. The first-order valence-electron chi connectivity index (χ1n) is 6.66. The zero-order valence-corrected chi connectivity index (χ0v) is 12.7. The maximum atomic E-state index is 4.42. The van der Waals surface area contributed by atoms with Crippen LogP contribution in [0.5, 0.6) is 0 Å². The molecule has 0 spiro atoms. The molecule has 0 amide bonds. The third-order valence-corrected chi connectivity index (χ3v) is 2.69. The summed E-state index contributed by atoms with van der Waals surface area (Å²) in [4.78, 5) is 4.42. The molecule has 0 saturated heterocycles. The smallest absolute Gasteiger partial charge is 0.245 e. The van der Waals surface area contributed by atoms with E-state index in [4.69, 9.17) is 0 Å². The molecular formula is C15H21N5. The predicted molar refractivity (Wildman–Crippen MR) is 82.4 cm³/mol. The van der Waals surface area contributed by atoms with Gasteiger partial charge in [0.1, 0.15) is 0 Å². The highest BCUT2D eigenvalue weighted by Gasteiger charge is 2.12. The van der Waals surface area contributed by atoms with Crippen LogP contribution in [-0.2, 0) is 0 Å². The Labute approximate surface area is 119 Å². The Morgan fingerprint density at radius 1 is 1.10 bits per heavy atom. The minimum Gasteiger partial charge on any atom is -0.348 e. The van der Waals surface area contributed by atoms with Gasteiger partial charge in [0.15, 0.2) is 5.82 Å². The summed E-state index contributed by atoms with van der Waals surface area (Å²) in [5, 5.41) is 14.4. The molecule has 1 aromatic heterocycles. The monoisotopic (exact) mass is 271 g/mol. The fourth-order valence-corrected chi connectivity index (χ4v) is 1.84. The van der Waals surface area contributed by atoms with Gasteiger partial charge in [-0.05, 0) is 46.2 Å². The van der Waals surface area contributed by atoms with E-state index in [1.54, 1.807) is 6.20 Å². The van der Waals surface area contributed by atoms with Crippen LogP contribution < -0.4 is 10.6 Å². The standard InChI is InChI=1S/C15H21N5/c1-10-6-7-12(11(2)8-10)17-13-9-16-20-14(18-13)19-15(3,4)5/h6-9H,1-5H3,(H2,17,18,19,20). The van der Waals surface area contributed by atoms with E-state index < -0.39 is 0 Å². The number of aromatic nitrogens is 3. The Hall–Kier alpha value is -2.17. The van der Waals surface area contributed by atoms with E-state index in [0.717, 1.165) is 5.69 Å². The van der Waals surface area contributed by atoms with Crippen LogP contribution in [0.25, 0.3) is 0 Å². The number of hydrogen-bond donors (Lipinski definition) is 2. The third-order valence-electron chi connectivity index (χ3n) is 2.69. The zero-order chi connectivity index (χ0) is 14.8. The van der Waals surface area contributed by atoms with Crippen LogP contribution in [0, 0.1) is 13.8 Å². The molecule has 0 aliphatic carbocycles. The highest BCUT2D eigenvalue weighted by atomic mass is 15.3. The molecule has 5 heteroatoms. The summed E-state index contributed by atoms with van der Waals surface area (Å²) >= 11 is 0. The van der Waals surface area contributed by atoms with Gasteiger partial charge in [0.05, 0.1) is 6.20 Å². The first-order chi connectivity index (χ1) is 9.33. The van der Waals surface area contributed by atoms with Gasteiger partial charge in [0.2, 0.25) is 5.95 Å². The minimum absolute atomic E-state index is 0.0971. The van der Waals surface area contributed by atoms with E-state index >= 15 is 0 Å². The van der Waals surface area contributed by atoms with Crippen molar-refractivity contribution in [3.8, 4) is 0 Å². The summed E-state index contributed by atoms with van der Waals surface area (Å²) in [5.74, 6) is 1.20. The molecule has 1 aromatic carbocycles. The lowest BCUT2D eigenvalue weighted by Crippen LogP contribution is -2.27. The molecule has 0 aliphatic rings. The number of aryl methyl sites for hydroxylation is 2. The first kappa shape index (κ1) is 14.2. The molecule has 0 aliphatic heterocycles. The minimum atomic E-state index is -0.0971. The molecule has 2 rings (SSSR count). The van der Waals surface area contributed by atoms with E-state index in [1.165, 1.54) is 11.1 Å². The van der Waals surface area contributed by atoms with Crippen molar-refractivity contribution in [1.82, 2.24) is 15.2 Å². The van der Waals surface area contributed by atoms with Gasteiger partial charge >= 0.3 is 0 Å². The summed E-state index contributed by atoms with van der Waals surface area (Å²) in [6.45, 7) is 10.3. The summed E-state index contributed by atoms with van der Waals surface area (Å²) < 4.78 is 0. The van der Waals surface area contributed by atoms with Crippen LogP contribution >= 0.6 is 0 Å². The van der Waals surface area contributed by atoms with Crippen molar-refractivity contribution >= 4 is 17.5 Å². The lowest BCUT2D eigenvalue weighted by atomic mass is 10.1. The van der Waals surface area contributed by atoms with Gasteiger partial charge in [0, 0.05) is 11.2 Å². The van der Waals surface area contributed by atoms with Crippen molar-refractivity contribution in [3.05, 3.63) is 35.5 Å². The first-order valence-corrected chi connectivity index (χ1v) is 6.66. The molecule has 0 radical (unpaired) electrons. The largest absolute Gasteiger partial charge is 0.348 e. The van der Waals surface area contributed by atoms with Gasteiger partial charge in [-0.25, -0.2) is 0 Å². The van der Waals surface area contributed by atoms with Crippen molar-refractivity contribution in [2.45, 2.75) is 40.2 Å². The summed E-state index contributed by atoms with van der Waals surface area (Å²) in [6.07, 6.45) is 1.62. The predicted octanol–water partition coefficient (Wildman–Crippen LogP) is 3.44. The number of anilines is 3. The van der Waals surface area contributed by atoms with Crippen molar-refractivity contribution in [2.75, 3.05) is 10.6 Å². The highest BCUT2D eigenvalue weighted by molar-refractivity contribution is 5.60. The van der Waals surface area contributed by atoms with E-state index in [2.05, 4.69) is 72.6 Å². The average molecular weight is 271 g/mol. The quantitative estimate of drug-likeness (QED) is 0.895. The molecule has 0 atom stereocenters. The molecular weight excluding hydrogens is 250 g/mol. The lowest BCUT2D eigenvalue weighted by Gasteiger charge is -2.20. The summed E-state index contributed by atoms with van der Waals surface area (Å²) in [7, 11) is 0. The second-order valence-electron chi connectivity index (χ2n) is 5.98. The zero-order valence-electron chi connectivity index (χ0n) is 12.7. The van der Waals surface area contributed by atoms with Crippen LogP contribution in [0.15, 0.2) is 24.4 Å². The number of nitrogens with one attached hydrogen (secondary N) is 2. The molecule has 2 N–H and O–H groups in total. The molecule has 0 bridgehead atoms. The SMILES string of the molecule is Cc1ccc(Nc2cnnc(NC(C)(C)C)n2)c(C)c1. The number of nitrogens with zero attached hydrogens (tertiary/aromatic N) is 3. The molecule has 0 unspecified atom stereocenters. The third kappa shape index (κ3) is 3.91. The molecule has 5 nitrogen and oxygen atoms in total. The Bertz CT molecular complexity index is 601. The molecule has 106 valence electrons. The maximum absolute atomic E-state index is 4.42. The van der Waals surface area contributed by atoms with E-state index in [-0.39, 0.29) is 5.54 Å². The average Bonchev–Trinajstić information content (AvgIpc) is 2.31.